The van der Waals surface area contributed by atoms with Gasteiger partial charge in [0.15, 0.2) is 0 Å². The molecule has 0 bridgehead atoms. The molecule has 0 aliphatic carbocycles. The van der Waals surface area contributed by atoms with Crippen LogP contribution in [0.4, 0.5) is 107 Å². The summed E-state index contributed by atoms with van der Waals surface area (Å²) in [5.41, 5.74) is 23.4. The zero-order valence-corrected chi connectivity index (χ0v) is 78.0. The molecule has 0 amide bonds. The third-order valence-corrected chi connectivity index (χ3v) is 24.1. The number of ketones is 5. The first kappa shape index (κ1) is 94.9. The molecule has 0 saturated carbocycles. The number of carbonyl (C=O) groups is 5. The number of hydrogen-bond acceptors (Lipinski definition) is 21. The summed E-state index contributed by atoms with van der Waals surface area (Å²) in [5.74, 6) is -0.435. The number of benzene rings is 10. The van der Waals surface area contributed by atoms with Gasteiger partial charge >= 0.3 is 0 Å². The monoisotopic (exact) mass is 1860 g/mol. The van der Waals surface area contributed by atoms with E-state index in [0.29, 0.717) is 103 Å². The number of aryl methyl sites for hydroxylation is 5. The molecular weight excluding hydrogens is 1750 g/mol. The highest BCUT2D eigenvalue weighted by molar-refractivity contribution is 5.94. The number of Topliss-reactive ketones (excluding diaryl/α,β-unsaturated/α-hetero) is 5. The van der Waals surface area contributed by atoms with Crippen LogP contribution in [0.15, 0.2) is 244 Å². The number of fused-ring (bicyclic) bond motifs is 5. The van der Waals surface area contributed by atoms with Crippen molar-refractivity contribution in [2.24, 2.45) is 35.2 Å². The number of para-hydroxylation sites is 5. The SMILES string of the molecule is C[C@@H]1CC(=O)Cc2cccc(Nc3cc(C#N)c(-c4cnn(C)c4)cc3F)c2N1.C[C@@H]1CC(=O)Cc2cccc(Nc3cc(C(F)F)c(-c4cnn(C)c4)cc3F)c2N1.C[C@@H]1CC(=O)Cc2cccc(Nc3ccc(-c4cnn(C)c4)cc3)c2N1.C[C@@H]1CC(=O)Cc2cccc(Nc3ccc(-c4cnn(C)c4)cc3F)c2N1.C[C@@H]1CC(=O)Cc2cccc(Nc3cccc(-c4cnn(C)c4)c3)c2N1. The van der Waals surface area contributed by atoms with E-state index in [9.17, 15) is 51.2 Å². The van der Waals surface area contributed by atoms with Crippen LogP contribution in [0.3, 0.4) is 0 Å². The molecule has 0 unspecified atom stereocenters. The fourth-order valence-electron chi connectivity index (χ4n) is 17.7. The third kappa shape index (κ3) is 23.2. The molecule has 20 rings (SSSR count). The molecule has 0 spiro atoms. The fraction of sp³-hybridized carbons (Fsp3) is 0.243. The van der Waals surface area contributed by atoms with E-state index in [1.165, 1.54) is 29.1 Å². The number of hydrogen-bond donors (Lipinski definition) is 10. The third-order valence-electron chi connectivity index (χ3n) is 24.1. The first-order chi connectivity index (χ1) is 66.4. The maximum atomic E-state index is 14.9. The molecule has 10 aromatic carbocycles. The largest absolute Gasteiger partial charge is 0.380 e. The van der Waals surface area contributed by atoms with Crippen LogP contribution in [0.1, 0.15) is 112 Å². The van der Waals surface area contributed by atoms with Gasteiger partial charge in [-0.1, -0.05) is 91.0 Å². The van der Waals surface area contributed by atoms with Crippen molar-refractivity contribution >= 4 is 114 Å². The molecular formula is C107H106F5N21O5. The van der Waals surface area contributed by atoms with Gasteiger partial charge in [-0.05, 0) is 176 Å². The lowest BCUT2D eigenvalue weighted by atomic mass is 10.0. The average molecular weight is 1860 g/mol. The van der Waals surface area contributed by atoms with E-state index in [4.69, 9.17) is 0 Å². The summed E-state index contributed by atoms with van der Waals surface area (Å²) in [6.45, 7) is 9.91. The lowest BCUT2D eigenvalue weighted by molar-refractivity contribution is -0.119. The highest BCUT2D eigenvalue weighted by Crippen LogP contribution is 2.43. The number of rotatable bonds is 16. The molecule has 5 aliphatic rings. The quantitative estimate of drug-likeness (QED) is 0.0402. The highest BCUT2D eigenvalue weighted by atomic mass is 19.3. The molecule has 26 nitrogen and oxygen atoms in total. The molecule has 5 aromatic heterocycles. The molecule has 5 atom stereocenters. The van der Waals surface area contributed by atoms with Crippen molar-refractivity contribution in [3.8, 4) is 61.7 Å². The Morgan fingerprint density at radius 2 is 0.623 bits per heavy atom. The zero-order chi connectivity index (χ0) is 97.1. The van der Waals surface area contributed by atoms with E-state index in [1.807, 2.05) is 184 Å². The van der Waals surface area contributed by atoms with Gasteiger partial charge < -0.3 is 53.2 Å². The van der Waals surface area contributed by atoms with Gasteiger partial charge in [-0.2, -0.15) is 30.8 Å². The maximum Gasteiger partial charge on any atom is 0.264 e. The number of carbonyl (C=O) groups excluding carboxylic acids is 5. The summed E-state index contributed by atoms with van der Waals surface area (Å²) in [6.07, 6.45) is 19.2. The van der Waals surface area contributed by atoms with Gasteiger partial charge in [0, 0.05) is 211 Å². The van der Waals surface area contributed by atoms with Crippen LogP contribution in [-0.4, -0.2) is 108 Å². The molecule has 31 heteroatoms. The normalized spacial score (nSPS) is 16.3. The summed E-state index contributed by atoms with van der Waals surface area (Å²) >= 11 is 0. The van der Waals surface area contributed by atoms with Crippen molar-refractivity contribution in [3.05, 3.63) is 300 Å². The Bertz CT molecular complexity index is 7110. The Morgan fingerprint density at radius 1 is 0.319 bits per heavy atom. The average Bonchev–Trinajstić information content (AvgIpc) is 1.38. The molecule has 15 aromatic rings. The number of anilines is 15. The Balaban J connectivity index is 0.000000125. The minimum atomic E-state index is -2.79. The van der Waals surface area contributed by atoms with Crippen molar-refractivity contribution in [1.82, 2.24) is 48.9 Å². The molecule has 5 aliphatic heterocycles. The predicted octanol–water partition coefficient (Wildman–Crippen LogP) is 22.0. The molecule has 0 radical (unpaired) electrons. The van der Waals surface area contributed by atoms with Crippen LogP contribution in [0.25, 0.3) is 55.6 Å². The van der Waals surface area contributed by atoms with Crippen molar-refractivity contribution in [2.45, 2.75) is 135 Å². The minimum absolute atomic E-state index is 0.0147. The first-order valence-corrected chi connectivity index (χ1v) is 45.6. The van der Waals surface area contributed by atoms with Crippen molar-refractivity contribution in [2.75, 3.05) is 53.2 Å². The van der Waals surface area contributed by atoms with Crippen molar-refractivity contribution in [1.29, 1.82) is 5.26 Å². The Kier molecular flexibility index (Phi) is 29.0. The number of halogens is 5. The summed E-state index contributed by atoms with van der Waals surface area (Å²) < 4.78 is 80.4. The van der Waals surface area contributed by atoms with Crippen molar-refractivity contribution < 1.29 is 45.9 Å². The van der Waals surface area contributed by atoms with Gasteiger partial charge in [0.25, 0.3) is 6.43 Å². The van der Waals surface area contributed by atoms with Crippen LogP contribution in [0, 0.1) is 28.8 Å². The zero-order valence-electron chi connectivity index (χ0n) is 78.0. The first-order valence-electron chi connectivity index (χ1n) is 45.6. The van der Waals surface area contributed by atoms with Gasteiger partial charge in [0.2, 0.25) is 0 Å². The van der Waals surface area contributed by atoms with E-state index < -0.39 is 18.1 Å². The summed E-state index contributed by atoms with van der Waals surface area (Å²) in [5, 5.41) is 63.4. The smallest absolute Gasteiger partial charge is 0.264 e. The molecule has 10 N–H and O–H groups in total. The van der Waals surface area contributed by atoms with Crippen LogP contribution in [-0.2, 0) is 91.3 Å². The summed E-state index contributed by atoms with van der Waals surface area (Å²) in [4.78, 5) is 60.3. The summed E-state index contributed by atoms with van der Waals surface area (Å²) in [7, 11) is 9.09. The second-order valence-corrected chi connectivity index (χ2v) is 35.7. The standard InChI is InChI=1S/C22H21F3N4O.C22H20FN5O.C21H21FN4O.2C21H22N4O/c1-12-6-15(30)7-13-4-3-5-19(21(13)27-12)28-20-9-17(22(24)25)16(8-18(20)23)14-10-26-29(2)11-14;1-13-6-17(29)7-14-4-3-5-20(22(14)26-13)27-21-8-15(10-24)18(9-19(21)23)16-11-25-28(2)12-16;1-13-8-17(27)9-15-4-3-5-20(21(15)24-13)25-19-7-6-14(10-18(19)22)16-11-23-26(2)12-16;1-14-9-19(26)11-16-6-4-8-20(21(16)23-14)24-18-7-3-5-15(10-18)17-12-22-25(2)13-17;1-14-10-19(26)11-16-4-3-5-20(21(16)23-14)24-18-8-6-15(7-9-18)17-12-22-25(2)13-17/h3-5,8-12,22,27-28H,6-7H2,1-2H3;3-5,8-9,11-13,26-27H,6-7H2,1-2H3;3-7,10-13,24-25H,8-9H2,1-2H3;3-8,10,12-14,23-24H,9,11H2,1-2H3;3-9,12-14,23-24H,10-11H2,1-2H3/t12-;2*13-;2*14-/m11111/s1. The van der Waals surface area contributed by atoms with E-state index in [0.717, 1.165) is 125 Å². The molecule has 0 saturated heterocycles. The lowest BCUT2D eigenvalue weighted by Crippen LogP contribution is -2.17. The summed E-state index contributed by atoms with van der Waals surface area (Å²) in [6, 6.07) is 57.8. The molecule has 0 fully saturated rings. The van der Waals surface area contributed by atoms with Gasteiger partial charge in [-0.15, -0.1) is 0 Å². The Labute approximate surface area is 795 Å². The van der Waals surface area contributed by atoms with Gasteiger partial charge in [-0.3, -0.25) is 47.4 Å². The molecule has 10 heterocycles. The number of alkyl halides is 2. The lowest BCUT2D eigenvalue weighted by Gasteiger charge is -2.19. The number of aromatic nitrogens is 10. The number of nitrogens with one attached hydrogen (secondary N) is 10. The van der Waals surface area contributed by atoms with Crippen LogP contribution >= 0.6 is 0 Å². The second-order valence-electron chi connectivity index (χ2n) is 35.7. The maximum absolute atomic E-state index is 14.9. The van der Waals surface area contributed by atoms with E-state index in [-0.39, 0.29) is 93.9 Å². The fourth-order valence-corrected chi connectivity index (χ4v) is 17.7. The van der Waals surface area contributed by atoms with Crippen LogP contribution < -0.4 is 53.2 Å². The van der Waals surface area contributed by atoms with E-state index >= 15 is 0 Å². The molecule has 138 heavy (non-hydrogen) atoms. The highest BCUT2D eigenvalue weighted by Gasteiger charge is 2.29. The number of nitrogens with zero attached hydrogens (tertiary/aromatic N) is 11. The Morgan fingerprint density at radius 3 is 0.978 bits per heavy atom. The molecule has 704 valence electrons. The van der Waals surface area contributed by atoms with Gasteiger partial charge in [0.05, 0.1) is 117 Å². The topological polar surface area (TPSA) is 319 Å². The minimum Gasteiger partial charge on any atom is -0.380 e. The van der Waals surface area contributed by atoms with E-state index in [1.54, 1.807) is 75.8 Å². The van der Waals surface area contributed by atoms with E-state index in [2.05, 4.69) is 121 Å². The van der Waals surface area contributed by atoms with Crippen LogP contribution in [0.2, 0.25) is 0 Å². The Hall–Kier alpha value is -16.3. The van der Waals surface area contributed by atoms with Crippen LogP contribution in [0.5, 0.6) is 0 Å². The van der Waals surface area contributed by atoms with Crippen molar-refractivity contribution in [3.63, 3.8) is 0 Å². The number of nitriles is 1. The second kappa shape index (κ2) is 42.1. The van der Waals surface area contributed by atoms with Gasteiger partial charge in [-0.25, -0.2) is 22.0 Å². The van der Waals surface area contributed by atoms with Gasteiger partial charge in [0.1, 0.15) is 46.4 Å². The predicted molar refractivity (Wildman–Crippen MR) is 533 cm³/mol.